The summed E-state index contributed by atoms with van der Waals surface area (Å²) in [6, 6.07) is 8.61. The van der Waals surface area contributed by atoms with E-state index in [9.17, 15) is 0 Å². The van der Waals surface area contributed by atoms with E-state index in [1.807, 2.05) is 0 Å². The standard InChI is InChI=1S/C18H29NO2/c1-3-15(2)12-20-13-16-4-6-17(7-5-16)14-21-18-8-10-19-11-9-18/h4-7,15,18-19H,3,8-14H2,1-2H3. The van der Waals surface area contributed by atoms with Gasteiger partial charge in [-0.3, -0.25) is 0 Å². The van der Waals surface area contributed by atoms with Crippen LogP contribution in [0.2, 0.25) is 0 Å². The van der Waals surface area contributed by atoms with Crippen molar-refractivity contribution in [1.82, 2.24) is 5.32 Å². The van der Waals surface area contributed by atoms with E-state index in [-0.39, 0.29) is 0 Å². The van der Waals surface area contributed by atoms with Gasteiger partial charge >= 0.3 is 0 Å². The van der Waals surface area contributed by atoms with E-state index in [0.717, 1.165) is 39.1 Å². The maximum Gasteiger partial charge on any atom is 0.0720 e. The Morgan fingerprint density at radius 1 is 1.10 bits per heavy atom. The Bertz CT molecular complexity index is 385. The van der Waals surface area contributed by atoms with E-state index >= 15 is 0 Å². The second-order valence-electron chi connectivity index (χ2n) is 6.11. The van der Waals surface area contributed by atoms with Gasteiger partial charge in [0, 0.05) is 6.61 Å². The molecule has 0 amide bonds. The first-order valence-corrected chi connectivity index (χ1v) is 8.25. The van der Waals surface area contributed by atoms with Gasteiger partial charge in [-0.05, 0) is 43.0 Å². The smallest absolute Gasteiger partial charge is 0.0720 e. The highest BCUT2D eigenvalue weighted by Crippen LogP contribution is 2.13. The van der Waals surface area contributed by atoms with Crippen molar-refractivity contribution in [3.8, 4) is 0 Å². The van der Waals surface area contributed by atoms with E-state index in [0.29, 0.717) is 18.6 Å². The predicted octanol–water partition coefficient (Wildman–Crippen LogP) is 3.52. The Kier molecular flexibility index (Phi) is 7.20. The van der Waals surface area contributed by atoms with Crippen LogP contribution in [0.5, 0.6) is 0 Å². The van der Waals surface area contributed by atoms with Crippen LogP contribution in [0.15, 0.2) is 24.3 Å². The second-order valence-corrected chi connectivity index (χ2v) is 6.11. The molecule has 1 saturated heterocycles. The third-order valence-electron chi connectivity index (χ3n) is 4.16. The average molecular weight is 291 g/mol. The molecule has 0 radical (unpaired) electrons. The highest BCUT2D eigenvalue weighted by atomic mass is 16.5. The number of nitrogens with one attached hydrogen (secondary N) is 1. The van der Waals surface area contributed by atoms with Gasteiger partial charge in [0.2, 0.25) is 0 Å². The molecule has 0 spiro atoms. The first kappa shape index (κ1) is 16.5. The summed E-state index contributed by atoms with van der Waals surface area (Å²) in [5.74, 6) is 0.641. The van der Waals surface area contributed by atoms with Crippen LogP contribution >= 0.6 is 0 Å². The quantitative estimate of drug-likeness (QED) is 0.795. The largest absolute Gasteiger partial charge is 0.376 e. The summed E-state index contributed by atoms with van der Waals surface area (Å²) in [5, 5.41) is 3.36. The van der Waals surface area contributed by atoms with Crippen molar-refractivity contribution < 1.29 is 9.47 Å². The summed E-state index contributed by atoms with van der Waals surface area (Å²) in [6.45, 7) is 8.86. The molecule has 1 aliphatic heterocycles. The van der Waals surface area contributed by atoms with Crippen molar-refractivity contribution in [2.75, 3.05) is 19.7 Å². The molecule has 3 nitrogen and oxygen atoms in total. The fourth-order valence-electron chi connectivity index (χ4n) is 2.40. The van der Waals surface area contributed by atoms with Gasteiger partial charge in [-0.2, -0.15) is 0 Å². The van der Waals surface area contributed by atoms with Crippen LogP contribution in [0, 0.1) is 5.92 Å². The van der Waals surface area contributed by atoms with Gasteiger partial charge in [0.15, 0.2) is 0 Å². The zero-order chi connectivity index (χ0) is 14.9. The van der Waals surface area contributed by atoms with Crippen molar-refractivity contribution in [1.29, 1.82) is 0 Å². The topological polar surface area (TPSA) is 30.5 Å². The molecule has 118 valence electrons. The van der Waals surface area contributed by atoms with Gasteiger partial charge in [-0.25, -0.2) is 0 Å². The Labute approximate surface area is 129 Å². The van der Waals surface area contributed by atoms with Crippen LogP contribution in [0.25, 0.3) is 0 Å². The molecular weight excluding hydrogens is 262 g/mol. The van der Waals surface area contributed by atoms with E-state index in [1.54, 1.807) is 0 Å². The third kappa shape index (κ3) is 6.16. The zero-order valence-electron chi connectivity index (χ0n) is 13.4. The Balaban J connectivity index is 1.68. The average Bonchev–Trinajstić information content (AvgIpc) is 2.55. The molecule has 0 aliphatic carbocycles. The van der Waals surface area contributed by atoms with Crippen LogP contribution < -0.4 is 5.32 Å². The first-order chi connectivity index (χ1) is 10.3. The summed E-state index contributed by atoms with van der Waals surface area (Å²) in [5.41, 5.74) is 2.49. The lowest BCUT2D eigenvalue weighted by molar-refractivity contribution is 0.0212. The number of piperidine rings is 1. The fraction of sp³-hybridized carbons (Fsp3) is 0.667. The van der Waals surface area contributed by atoms with Crippen molar-refractivity contribution in [2.24, 2.45) is 5.92 Å². The monoisotopic (exact) mass is 291 g/mol. The molecule has 2 rings (SSSR count). The number of benzene rings is 1. The third-order valence-corrected chi connectivity index (χ3v) is 4.16. The van der Waals surface area contributed by atoms with E-state index in [1.165, 1.54) is 17.5 Å². The lowest BCUT2D eigenvalue weighted by Gasteiger charge is -2.23. The molecule has 21 heavy (non-hydrogen) atoms. The van der Waals surface area contributed by atoms with Crippen molar-refractivity contribution in [3.05, 3.63) is 35.4 Å². The van der Waals surface area contributed by atoms with Crippen LogP contribution in [-0.4, -0.2) is 25.8 Å². The number of rotatable bonds is 8. The normalized spacial score (nSPS) is 17.8. The molecule has 0 bridgehead atoms. The Morgan fingerprint density at radius 2 is 1.71 bits per heavy atom. The van der Waals surface area contributed by atoms with Crippen LogP contribution in [0.3, 0.4) is 0 Å². The maximum absolute atomic E-state index is 5.96. The SMILES string of the molecule is CCC(C)COCc1ccc(COC2CCNCC2)cc1. The van der Waals surface area contributed by atoms with Gasteiger partial charge in [-0.15, -0.1) is 0 Å². The van der Waals surface area contributed by atoms with Crippen LogP contribution in [0.1, 0.15) is 44.2 Å². The Hall–Kier alpha value is -0.900. The summed E-state index contributed by atoms with van der Waals surface area (Å²) < 4.78 is 11.7. The summed E-state index contributed by atoms with van der Waals surface area (Å²) in [4.78, 5) is 0. The Morgan fingerprint density at radius 3 is 2.33 bits per heavy atom. The van der Waals surface area contributed by atoms with Gasteiger partial charge in [-0.1, -0.05) is 44.5 Å². The van der Waals surface area contributed by atoms with Gasteiger partial charge in [0.1, 0.15) is 0 Å². The number of ether oxygens (including phenoxy) is 2. The van der Waals surface area contributed by atoms with Crippen molar-refractivity contribution in [3.63, 3.8) is 0 Å². The number of hydrogen-bond donors (Lipinski definition) is 1. The number of hydrogen-bond acceptors (Lipinski definition) is 3. The highest BCUT2D eigenvalue weighted by Gasteiger charge is 2.12. The van der Waals surface area contributed by atoms with Crippen LogP contribution in [0.4, 0.5) is 0 Å². The van der Waals surface area contributed by atoms with Gasteiger partial charge in [0.25, 0.3) is 0 Å². The van der Waals surface area contributed by atoms with Crippen molar-refractivity contribution in [2.45, 2.75) is 52.4 Å². The molecule has 1 N–H and O–H groups in total. The minimum Gasteiger partial charge on any atom is -0.376 e. The van der Waals surface area contributed by atoms with E-state index in [4.69, 9.17) is 9.47 Å². The maximum atomic E-state index is 5.96. The fourth-order valence-corrected chi connectivity index (χ4v) is 2.40. The highest BCUT2D eigenvalue weighted by molar-refractivity contribution is 5.21. The summed E-state index contributed by atoms with van der Waals surface area (Å²) in [6.07, 6.45) is 3.85. The van der Waals surface area contributed by atoms with Crippen LogP contribution in [-0.2, 0) is 22.7 Å². The molecular formula is C18H29NO2. The second kappa shape index (κ2) is 9.19. The molecule has 1 atom stereocenters. The molecule has 1 aliphatic rings. The molecule has 0 aromatic heterocycles. The molecule has 3 heteroatoms. The summed E-state index contributed by atoms with van der Waals surface area (Å²) >= 11 is 0. The van der Waals surface area contributed by atoms with Crippen molar-refractivity contribution >= 4 is 0 Å². The molecule has 1 fully saturated rings. The molecule has 1 aromatic rings. The molecule has 1 aromatic carbocycles. The van der Waals surface area contributed by atoms with E-state index in [2.05, 4.69) is 43.4 Å². The van der Waals surface area contributed by atoms with Gasteiger partial charge < -0.3 is 14.8 Å². The van der Waals surface area contributed by atoms with Gasteiger partial charge in [0.05, 0.1) is 19.3 Å². The lowest BCUT2D eigenvalue weighted by atomic mass is 10.1. The minimum atomic E-state index is 0.421. The van der Waals surface area contributed by atoms with E-state index < -0.39 is 0 Å². The minimum absolute atomic E-state index is 0.421. The zero-order valence-corrected chi connectivity index (χ0v) is 13.4. The molecule has 1 heterocycles. The molecule has 1 unspecified atom stereocenters. The summed E-state index contributed by atoms with van der Waals surface area (Å²) in [7, 11) is 0. The predicted molar refractivity (Wildman–Crippen MR) is 86.2 cm³/mol. The first-order valence-electron chi connectivity index (χ1n) is 8.25. The lowest BCUT2D eigenvalue weighted by Crippen LogP contribution is -2.32. The molecule has 0 saturated carbocycles.